The van der Waals surface area contributed by atoms with Gasteiger partial charge in [0.15, 0.2) is 0 Å². The highest BCUT2D eigenvalue weighted by atomic mass is 19.4. The number of phenols is 1. The average molecular weight is 400 g/mol. The lowest BCUT2D eigenvalue weighted by molar-refractivity contribution is -0.137. The van der Waals surface area contributed by atoms with Gasteiger partial charge in [-0.1, -0.05) is 24.3 Å². The monoisotopic (exact) mass is 400 g/mol. The van der Waals surface area contributed by atoms with E-state index in [9.17, 15) is 27.9 Å². The molecular formula is C21H15F3N2O3. The van der Waals surface area contributed by atoms with Crippen molar-refractivity contribution >= 4 is 29.7 Å². The molecule has 8 heteroatoms. The van der Waals surface area contributed by atoms with Crippen molar-refractivity contribution in [3.63, 3.8) is 0 Å². The number of anilines is 1. The van der Waals surface area contributed by atoms with Crippen LogP contribution in [0.25, 0.3) is 12.2 Å². The number of hydrogen-bond acceptors (Lipinski definition) is 3. The molecule has 4 rings (SSSR count). The number of nitrogens with one attached hydrogen (secondary N) is 1. The first-order chi connectivity index (χ1) is 13.8. The molecule has 1 aliphatic heterocycles. The van der Waals surface area contributed by atoms with Gasteiger partial charge in [-0.25, -0.2) is 5.01 Å². The minimum atomic E-state index is -4.58. The van der Waals surface area contributed by atoms with Gasteiger partial charge in [0.1, 0.15) is 11.3 Å². The van der Waals surface area contributed by atoms with Gasteiger partial charge in [-0.2, -0.15) is 13.2 Å². The second-order valence-corrected chi connectivity index (χ2v) is 6.70. The number of benzene rings is 2. The Morgan fingerprint density at radius 2 is 1.93 bits per heavy atom. The van der Waals surface area contributed by atoms with Crippen LogP contribution >= 0.6 is 0 Å². The first kappa shape index (κ1) is 18.8. The Hall–Kier alpha value is -3.55. The zero-order chi connectivity index (χ0) is 20.8. The Kier molecular flexibility index (Phi) is 4.41. The van der Waals surface area contributed by atoms with E-state index in [2.05, 4.69) is 5.43 Å². The number of aromatic hydroxyl groups is 1. The van der Waals surface area contributed by atoms with Crippen LogP contribution in [0.2, 0.25) is 0 Å². The van der Waals surface area contributed by atoms with E-state index in [1.807, 2.05) is 12.2 Å². The second-order valence-electron chi connectivity index (χ2n) is 6.70. The summed E-state index contributed by atoms with van der Waals surface area (Å²) in [5.41, 5.74) is 2.96. The van der Waals surface area contributed by atoms with Crippen molar-refractivity contribution in [3.05, 3.63) is 70.3 Å². The molecule has 1 saturated heterocycles. The van der Waals surface area contributed by atoms with Crippen LogP contribution in [-0.2, 0) is 22.2 Å². The standard InChI is InChI=1S/C21H15F3N2O3/c22-21(23,24)13-5-3-6-14(10-13)26-20(29)17(19(28)25-26)11-16-15-7-2-1-4-12(15)8-9-18(16)27/h2-3,5-11,27H,1,4H2,(H,25,28). The van der Waals surface area contributed by atoms with Crippen LogP contribution in [0.15, 0.2) is 48.0 Å². The van der Waals surface area contributed by atoms with Crippen LogP contribution in [0, 0.1) is 0 Å². The van der Waals surface area contributed by atoms with Gasteiger partial charge >= 0.3 is 6.18 Å². The minimum absolute atomic E-state index is 0.0964. The maximum Gasteiger partial charge on any atom is 0.416 e. The summed E-state index contributed by atoms with van der Waals surface area (Å²) >= 11 is 0. The predicted octanol–water partition coefficient (Wildman–Crippen LogP) is 3.83. The van der Waals surface area contributed by atoms with Gasteiger partial charge in [0, 0.05) is 5.56 Å². The highest BCUT2D eigenvalue weighted by Crippen LogP contribution is 2.34. The number of halogens is 3. The lowest BCUT2D eigenvalue weighted by atomic mass is 9.91. The maximum absolute atomic E-state index is 13.0. The molecule has 1 heterocycles. The normalized spacial score (nSPS) is 17.6. The third-order valence-electron chi connectivity index (χ3n) is 4.83. The summed E-state index contributed by atoms with van der Waals surface area (Å²) in [5.74, 6) is -1.66. The van der Waals surface area contributed by atoms with Crippen LogP contribution < -0.4 is 10.4 Å². The van der Waals surface area contributed by atoms with E-state index in [1.54, 1.807) is 6.07 Å². The summed E-state index contributed by atoms with van der Waals surface area (Å²) in [6.07, 6.45) is 2.04. The van der Waals surface area contributed by atoms with Gasteiger partial charge in [0.25, 0.3) is 11.8 Å². The second kappa shape index (κ2) is 6.80. The van der Waals surface area contributed by atoms with Crippen LogP contribution in [-0.4, -0.2) is 16.9 Å². The Morgan fingerprint density at radius 1 is 1.14 bits per heavy atom. The van der Waals surface area contributed by atoms with Gasteiger partial charge in [-0.05, 0) is 54.3 Å². The molecule has 0 aromatic heterocycles. The average Bonchev–Trinajstić information content (AvgIpc) is 2.97. The molecule has 1 aliphatic carbocycles. The van der Waals surface area contributed by atoms with Crippen molar-refractivity contribution in [2.24, 2.45) is 0 Å². The lowest BCUT2D eigenvalue weighted by Gasteiger charge is -2.16. The van der Waals surface area contributed by atoms with Crippen LogP contribution in [0.4, 0.5) is 18.9 Å². The number of phenolic OH excluding ortho intramolecular Hbond substituents is 1. The molecule has 2 aromatic rings. The fourth-order valence-electron chi connectivity index (χ4n) is 3.38. The summed E-state index contributed by atoms with van der Waals surface area (Å²) in [5, 5.41) is 11.0. The topological polar surface area (TPSA) is 69.6 Å². The van der Waals surface area contributed by atoms with E-state index >= 15 is 0 Å². The van der Waals surface area contributed by atoms with Gasteiger partial charge in [-0.15, -0.1) is 0 Å². The number of carbonyl (C=O) groups excluding carboxylic acids is 2. The number of alkyl halides is 3. The summed E-state index contributed by atoms with van der Waals surface area (Å²) in [6, 6.07) is 7.38. The smallest absolute Gasteiger partial charge is 0.416 e. The highest BCUT2D eigenvalue weighted by molar-refractivity contribution is 6.31. The van der Waals surface area contributed by atoms with Crippen molar-refractivity contribution < 1.29 is 27.9 Å². The number of amides is 2. The highest BCUT2D eigenvalue weighted by Gasteiger charge is 2.37. The fourth-order valence-corrected chi connectivity index (χ4v) is 3.38. The van der Waals surface area contributed by atoms with Gasteiger partial charge < -0.3 is 5.11 Å². The summed E-state index contributed by atoms with van der Waals surface area (Å²) < 4.78 is 38.9. The van der Waals surface area contributed by atoms with Gasteiger partial charge in [-0.3, -0.25) is 15.0 Å². The van der Waals surface area contributed by atoms with Crippen LogP contribution in [0.5, 0.6) is 5.75 Å². The van der Waals surface area contributed by atoms with Crippen molar-refractivity contribution in [1.29, 1.82) is 0 Å². The van der Waals surface area contributed by atoms with Crippen molar-refractivity contribution in [2.45, 2.75) is 19.0 Å². The molecule has 2 amide bonds. The molecule has 0 bridgehead atoms. The molecule has 0 radical (unpaired) electrons. The Bertz CT molecular complexity index is 1090. The Morgan fingerprint density at radius 3 is 2.69 bits per heavy atom. The third-order valence-corrected chi connectivity index (χ3v) is 4.83. The van der Waals surface area contributed by atoms with Crippen molar-refractivity contribution in [2.75, 3.05) is 5.01 Å². The zero-order valence-corrected chi connectivity index (χ0v) is 15.0. The first-order valence-corrected chi connectivity index (χ1v) is 8.81. The van der Waals surface area contributed by atoms with Gasteiger partial charge in [0.05, 0.1) is 11.3 Å². The van der Waals surface area contributed by atoms with E-state index in [4.69, 9.17) is 0 Å². The van der Waals surface area contributed by atoms with E-state index in [1.165, 1.54) is 18.2 Å². The Labute approximate surface area is 163 Å². The lowest BCUT2D eigenvalue weighted by Crippen LogP contribution is -2.35. The number of allylic oxidation sites excluding steroid dienone is 1. The first-order valence-electron chi connectivity index (χ1n) is 8.81. The number of rotatable bonds is 2. The number of hydrazine groups is 1. The van der Waals surface area contributed by atoms with E-state index in [-0.39, 0.29) is 17.0 Å². The van der Waals surface area contributed by atoms with Gasteiger partial charge in [0.2, 0.25) is 0 Å². The fraction of sp³-hybridized carbons (Fsp3) is 0.143. The molecule has 0 spiro atoms. The predicted molar refractivity (Wildman–Crippen MR) is 101 cm³/mol. The molecule has 1 fully saturated rings. The molecule has 0 saturated carbocycles. The molecule has 148 valence electrons. The number of fused-ring (bicyclic) bond motifs is 1. The number of carbonyl (C=O) groups is 2. The maximum atomic E-state index is 13.0. The number of nitrogens with zero attached hydrogens (tertiary/aromatic N) is 1. The number of aryl methyl sites for hydroxylation is 1. The summed E-state index contributed by atoms with van der Waals surface area (Å²) in [6.45, 7) is 0. The molecule has 2 aliphatic rings. The SMILES string of the molecule is O=C1NN(c2cccc(C(F)(F)F)c2)C(=O)C1=Cc1c(O)ccc2c1C=CCC2. The summed E-state index contributed by atoms with van der Waals surface area (Å²) in [7, 11) is 0. The molecule has 2 aromatic carbocycles. The molecule has 29 heavy (non-hydrogen) atoms. The largest absolute Gasteiger partial charge is 0.507 e. The van der Waals surface area contributed by atoms with Crippen LogP contribution in [0.3, 0.4) is 0 Å². The van der Waals surface area contributed by atoms with E-state index in [0.717, 1.165) is 41.6 Å². The number of hydrogen-bond donors (Lipinski definition) is 2. The van der Waals surface area contributed by atoms with Crippen molar-refractivity contribution in [1.82, 2.24) is 5.43 Å². The van der Waals surface area contributed by atoms with Crippen molar-refractivity contribution in [3.8, 4) is 5.75 Å². The molecule has 0 unspecified atom stereocenters. The summed E-state index contributed by atoms with van der Waals surface area (Å²) in [4.78, 5) is 25.1. The molecular weight excluding hydrogens is 385 g/mol. The molecule has 0 atom stereocenters. The third kappa shape index (κ3) is 3.37. The van der Waals surface area contributed by atoms with Crippen LogP contribution in [0.1, 0.15) is 28.7 Å². The van der Waals surface area contributed by atoms with E-state index < -0.39 is 23.6 Å². The quantitative estimate of drug-likeness (QED) is 0.595. The van der Waals surface area contributed by atoms with E-state index in [0.29, 0.717) is 11.1 Å². The molecule has 2 N–H and O–H groups in total. The Balaban J connectivity index is 1.73. The zero-order valence-electron chi connectivity index (χ0n) is 15.0. The minimum Gasteiger partial charge on any atom is -0.507 e. The molecule has 5 nitrogen and oxygen atoms in total.